The zero-order valence-electron chi connectivity index (χ0n) is 20.3. The summed E-state index contributed by atoms with van der Waals surface area (Å²) in [4.78, 5) is 40.7. The van der Waals surface area contributed by atoms with E-state index in [-0.39, 0.29) is 22.8 Å². The Morgan fingerprint density at radius 1 is 1.05 bits per heavy atom. The van der Waals surface area contributed by atoms with E-state index in [0.29, 0.717) is 28.5 Å². The molecule has 5 N–H and O–H groups in total. The predicted molar refractivity (Wildman–Crippen MR) is 142 cm³/mol. The molecule has 0 saturated carbocycles. The van der Waals surface area contributed by atoms with Gasteiger partial charge in [-0.3, -0.25) is 19.3 Å². The number of aromatic nitrogens is 1. The molecule has 0 aliphatic heterocycles. The van der Waals surface area contributed by atoms with Crippen LogP contribution in [0, 0.1) is 5.82 Å². The highest BCUT2D eigenvalue weighted by molar-refractivity contribution is 7.09. The number of benzene rings is 3. The monoisotopic (exact) mass is 533 g/mol. The number of primary amides is 1. The fourth-order valence-electron chi connectivity index (χ4n) is 3.83. The van der Waals surface area contributed by atoms with Gasteiger partial charge in [0, 0.05) is 18.3 Å². The number of ether oxygens (including phenoxy) is 1. The second-order valence-electron chi connectivity index (χ2n) is 8.17. The number of carbonyl (C=O) groups excluding carboxylic acids is 3. The van der Waals surface area contributed by atoms with Crippen molar-refractivity contribution in [2.24, 2.45) is 5.73 Å². The number of carbonyl (C=O) groups is 3. The molecule has 4 aromatic rings. The first-order chi connectivity index (χ1) is 18.3. The molecule has 3 amide bonds. The summed E-state index contributed by atoms with van der Waals surface area (Å²) >= 11 is 0.693. The molecule has 0 fully saturated rings. The first kappa shape index (κ1) is 26.3. The quantitative estimate of drug-likeness (QED) is 0.300. The minimum atomic E-state index is -1.25. The lowest BCUT2D eigenvalue weighted by Gasteiger charge is -2.31. The summed E-state index contributed by atoms with van der Waals surface area (Å²) in [5, 5.41) is 2.86. The number of halogens is 1. The number of hydrogen-bond acceptors (Lipinski definition) is 7. The van der Waals surface area contributed by atoms with Crippen LogP contribution in [0.5, 0.6) is 5.75 Å². The standard InChI is InChI=1S/C27H24FN5O4S/c1-37-20-9-5-8-19(14-20)33(27(36)24-21(29)22(25(30)34)32-38-24)23(17-10-12-18(28)13-11-17)26(35)31-15-16-6-3-2-4-7-16/h2-14,23H,15,29H2,1H3,(H2,30,34)(H,31,35). The first-order valence-corrected chi connectivity index (χ1v) is 12.2. The van der Waals surface area contributed by atoms with Crippen LogP contribution in [0.15, 0.2) is 78.9 Å². The molecule has 0 aliphatic carbocycles. The van der Waals surface area contributed by atoms with E-state index in [1.807, 2.05) is 30.3 Å². The van der Waals surface area contributed by atoms with Crippen molar-refractivity contribution in [3.8, 4) is 5.75 Å². The minimum Gasteiger partial charge on any atom is -0.497 e. The SMILES string of the molecule is COc1cccc(N(C(=O)c2snc(C(N)=O)c2N)C(C(=O)NCc2ccccc2)c2ccc(F)cc2)c1. The zero-order chi connectivity index (χ0) is 27.2. The molecule has 3 aromatic carbocycles. The maximum Gasteiger partial charge on any atom is 0.273 e. The van der Waals surface area contributed by atoms with Gasteiger partial charge in [0.1, 0.15) is 22.5 Å². The minimum absolute atomic E-state index is 0.0791. The Bertz CT molecular complexity index is 1460. The average Bonchev–Trinajstić information content (AvgIpc) is 3.32. The fraction of sp³-hybridized carbons (Fsp3) is 0.111. The van der Waals surface area contributed by atoms with Crippen molar-refractivity contribution in [3.63, 3.8) is 0 Å². The third-order valence-corrected chi connectivity index (χ3v) is 6.56. The normalized spacial score (nSPS) is 11.4. The maximum atomic E-state index is 14.0. The number of anilines is 2. The van der Waals surface area contributed by atoms with Crippen LogP contribution in [0.4, 0.5) is 15.8 Å². The summed E-state index contributed by atoms with van der Waals surface area (Å²) in [5.41, 5.74) is 12.5. The van der Waals surface area contributed by atoms with Crippen molar-refractivity contribution in [1.29, 1.82) is 0 Å². The third kappa shape index (κ3) is 5.62. The molecule has 1 aromatic heterocycles. The lowest BCUT2D eigenvalue weighted by molar-refractivity contribution is -0.122. The summed E-state index contributed by atoms with van der Waals surface area (Å²) in [6.07, 6.45) is 0. The number of amides is 3. The van der Waals surface area contributed by atoms with E-state index in [9.17, 15) is 18.8 Å². The molecule has 0 saturated heterocycles. The Kier molecular flexibility index (Phi) is 7.97. The van der Waals surface area contributed by atoms with E-state index in [4.69, 9.17) is 16.2 Å². The maximum absolute atomic E-state index is 14.0. The number of rotatable bonds is 9. The highest BCUT2D eigenvalue weighted by Gasteiger charge is 2.36. The lowest BCUT2D eigenvalue weighted by atomic mass is 10.0. The average molecular weight is 534 g/mol. The molecule has 0 aliphatic rings. The molecule has 1 unspecified atom stereocenters. The molecule has 1 heterocycles. The molecule has 4 rings (SSSR count). The summed E-state index contributed by atoms with van der Waals surface area (Å²) in [6.45, 7) is 0.187. The lowest BCUT2D eigenvalue weighted by Crippen LogP contribution is -2.44. The summed E-state index contributed by atoms with van der Waals surface area (Å²) in [5.74, 6) is -2.20. The van der Waals surface area contributed by atoms with Gasteiger partial charge in [-0.2, -0.15) is 4.37 Å². The van der Waals surface area contributed by atoms with Gasteiger partial charge < -0.3 is 21.5 Å². The van der Waals surface area contributed by atoms with Gasteiger partial charge >= 0.3 is 0 Å². The first-order valence-electron chi connectivity index (χ1n) is 11.4. The van der Waals surface area contributed by atoms with Crippen molar-refractivity contribution in [1.82, 2.24) is 9.69 Å². The smallest absolute Gasteiger partial charge is 0.273 e. The Balaban J connectivity index is 1.84. The molecule has 0 radical (unpaired) electrons. The Hall–Kier alpha value is -4.77. The van der Waals surface area contributed by atoms with Crippen LogP contribution in [0.3, 0.4) is 0 Å². The molecule has 0 spiro atoms. The van der Waals surface area contributed by atoms with Gasteiger partial charge in [0.05, 0.1) is 12.8 Å². The number of nitrogens with zero attached hydrogens (tertiary/aromatic N) is 2. The highest BCUT2D eigenvalue weighted by Crippen LogP contribution is 2.34. The van der Waals surface area contributed by atoms with Gasteiger partial charge in [-0.25, -0.2) is 4.39 Å². The van der Waals surface area contributed by atoms with Gasteiger partial charge in [-0.1, -0.05) is 48.5 Å². The number of nitrogens with one attached hydrogen (secondary N) is 1. The molecular weight excluding hydrogens is 509 g/mol. The number of methoxy groups -OCH3 is 1. The second-order valence-corrected chi connectivity index (χ2v) is 8.95. The van der Waals surface area contributed by atoms with Crippen molar-refractivity contribution in [2.75, 3.05) is 17.7 Å². The van der Waals surface area contributed by atoms with Crippen molar-refractivity contribution in [3.05, 3.63) is 106 Å². The van der Waals surface area contributed by atoms with E-state index < -0.39 is 29.6 Å². The van der Waals surface area contributed by atoms with E-state index in [1.165, 1.54) is 36.3 Å². The van der Waals surface area contributed by atoms with Gasteiger partial charge in [0.25, 0.3) is 11.8 Å². The van der Waals surface area contributed by atoms with Crippen LogP contribution >= 0.6 is 11.5 Å². The fourth-order valence-corrected chi connectivity index (χ4v) is 4.57. The van der Waals surface area contributed by atoms with Crippen LogP contribution < -0.4 is 26.4 Å². The number of hydrogen-bond donors (Lipinski definition) is 3. The largest absolute Gasteiger partial charge is 0.497 e. The Morgan fingerprint density at radius 3 is 2.39 bits per heavy atom. The van der Waals surface area contributed by atoms with Crippen LogP contribution in [-0.2, 0) is 11.3 Å². The zero-order valence-corrected chi connectivity index (χ0v) is 21.1. The summed E-state index contributed by atoms with van der Waals surface area (Å²) in [6, 6.07) is 19.8. The van der Waals surface area contributed by atoms with E-state index >= 15 is 0 Å². The van der Waals surface area contributed by atoms with E-state index in [0.717, 1.165) is 5.56 Å². The van der Waals surface area contributed by atoms with Crippen LogP contribution in [0.25, 0.3) is 0 Å². The Labute approximate surface area is 222 Å². The van der Waals surface area contributed by atoms with Gasteiger partial charge in [-0.05, 0) is 46.9 Å². The molecule has 9 nitrogen and oxygen atoms in total. The van der Waals surface area contributed by atoms with Crippen molar-refractivity contribution >= 4 is 40.6 Å². The Morgan fingerprint density at radius 2 is 1.76 bits per heavy atom. The van der Waals surface area contributed by atoms with Gasteiger partial charge in [-0.15, -0.1) is 0 Å². The van der Waals surface area contributed by atoms with Crippen LogP contribution in [0.1, 0.15) is 37.3 Å². The van der Waals surface area contributed by atoms with Crippen LogP contribution in [-0.4, -0.2) is 29.2 Å². The van der Waals surface area contributed by atoms with E-state index in [2.05, 4.69) is 9.69 Å². The van der Waals surface area contributed by atoms with Crippen molar-refractivity contribution < 1.29 is 23.5 Å². The molecule has 0 bridgehead atoms. The number of nitrogen functional groups attached to an aromatic ring is 1. The van der Waals surface area contributed by atoms with Crippen molar-refractivity contribution in [2.45, 2.75) is 12.6 Å². The molecule has 11 heteroatoms. The van der Waals surface area contributed by atoms with Gasteiger partial charge in [0.15, 0.2) is 5.69 Å². The predicted octanol–water partition coefficient (Wildman–Crippen LogP) is 3.68. The molecule has 194 valence electrons. The number of nitrogens with two attached hydrogens (primary N) is 2. The van der Waals surface area contributed by atoms with E-state index in [1.54, 1.807) is 24.3 Å². The van der Waals surface area contributed by atoms with Gasteiger partial charge in [0.2, 0.25) is 5.91 Å². The second kappa shape index (κ2) is 11.5. The molecule has 1 atom stereocenters. The molecular formula is C27H24FN5O4S. The third-order valence-electron chi connectivity index (χ3n) is 5.71. The molecule has 38 heavy (non-hydrogen) atoms. The van der Waals surface area contributed by atoms with Crippen LogP contribution in [0.2, 0.25) is 0 Å². The highest BCUT2D eigenvalue weighted by atomic mass is 32.1. The topological polar surface area (TPSA) is 141 Å². The summed E-state index contributed by atoms with van der Waals surface area (Å²) < 4.78 is 23.1. The summed E-state index contributed by atoms with van der Waals surface area (Å²) in [7, 11) is 1.47.